The van der Waals surface area contributed by atoms with Crippen LogP contribution in [0.4, 0.5) is 4.39 Å². The minimum absolute atomic E-state index is 0.107. The highest BCUT2D eigenvalue weighted by atomic mass is 35.5. The molecule has 0 nitrogen and oxygen atoms in total. The summed E-state index contributed by atoms with van der Waals surface area (Å²) in [4.78, 5) is 0. The molecule has 0 aromatic heterocycles. The molecule has 2 rings (SSSR count). The maximum atomic E-state index is 13.2. The minimum Gasteiger partial charge on any atom is -0.207 e. The average molecular weight is 185 g/mol. The molecule has 1 saturated carbocycles. The first-order valence-corrected chi connectivity index (χ1v) is 4.60. The molecule has 0 N–H and O–H groups in total. The highest BCUT2D eigenvalue weighted by molar-refractivity contribution is 6.30. The van der Waals surface area contributed by atoms with E-state index in [-0.39, 0.29) is 5.82 Å². The van der Waals surface area contributed by atoms with Crippen molar-refractivity contribution in [2.75, 3.05) is 0 Å². The van der Waals surface area contributed by atoms with E-state index < -0.39 is 0 Å². The van der Waals surface area contributed by atoms with Gasteiger partial charge < -0.3 is 0 Å². The fraction of sp³-hybridized carbons (Fsp3) is 0.400. The molecule has 12 heavy (non-hydrogen) atoms. The van der Waals surface area contributed by atoms with Crippen LogP contribution in [0.25, 0.3) is 0 Å². The summed E-state index contributed by atoms with van der Waals surface area (Å²) in [5.74, 6) is 0.313. The topological polar surface area (TPSA) is 0 Å². The second-order valence-electron chi connectivity index (χ2n) is 3.29. The summed E-state index contributed by atoms with van der Waals surface area (Å²) >= 11 is 5.78. The molecule has 0 unspecified atom stereocenters. The van der Waals surface area contributed by atoms with Gasteiger partial charge in [0.1, 0.15) is 5.82 Å². The molecule has 0 saturated heterocycles. The normalized spacial score (nSPS) is 17.5. The maximum Gasteiger partial charge on any atom is 0.126 e. The summed E-state index contributed by atoms with van der Waals surface area (Å²) in [6, 6.07) is 4.80. The van der Waals surface area contributed by atoms with Gasteiger partial charge in [0, 0.05) is 5.02 Å². The lowest BCUT2D eigenvalue weighted by Crippen LogP contribution is -2.10. The highest BCUT2D eigenvalue weighted by Gasteiger charge is 2.22. The third-order valence-electron chi connectivity index (χ3n) is 2.50. The molecule has 1 aromatic rings. The van der Waals surface area contributed by atoms with Crippen LogP contribution in [0.15, 0.2) is 18.2 Å². The first-order chi connectivity index (χ1) is 5.77. The molecule has 0 spiro atoms. The second-order valence-corrected chi connectivity index (χ2v) is 3.73. The monoisotopic (exact) mass is 184 g/mol. The van der Waals surface area contributed by atoms with Gasteiger partial charge in [-0.1, -0.05) is 18.0 Å². The van der Waals surface area contributed by atoms with Crippen molar-refractivity contribution >= 4 is 11.6 Å². The van der Waals surface area contributed by atoms with Gasteiger partial charge in [-0.05, 0) is 42.5 Å². The van der Waals surface area contributed by atoms with Crippen LogP contribution in [0.1, 0.15) is 30.7 Å². The van der Waals surface area contributed by atoms with Crippen LogP contribution in [0.5, 0.6) is 0 Å². The fourth-order valence-electron chi connectivity index (χ4n) is 1.55. The molecule has 0 heterocycles. The van der Waals surface area contributed by atoms with Crippen molar-refractivity contribution in [2.45, 2.75) is 25.2 Å². The van der Waals surface area contributed by atoms with Crippen LogP contribution in [-0.4, -0.2) is 0 Å². The Labute approximate surface area is 76.4 Å². The van der Waals surface area contributed by atoms with Gasteiger partial charge in [-0.15, -0.1) is 0 Å². The third kappa shape index (κ3) is 1.34. The van der Waals surface area contributed by atoms with Crippen molar-refractivity contribution in [3.63, 3.8) is 0 Å². The smallest absolute Gasteiger partial charge is 0.126 e. The Morgan fingerprint density at radius 3 is 2.67 bits per heavy atom. The first kappa shape index (κ1) is 8.06. The van der Waals surface area contributed by atoms with Gasteiger partial charge >= 0.3 is 0 Å². The van der Waals surface area contributed by atoms with Crippen molar-refractivity contribution in [2.24, 2.45) is 0 Å². The number of benzene rings is 1. The lowest BCUT2D eigenvalue weighted by molar-refractivity contribution is 0.404. The van der Waals surface area contributed by atoms with Crippen LogP contribution in [0.3, 0.4) is 0 Å². The number of halogens is 2. The van der Waals surface area contributed by atoms with Crippen molar-refractivity contribution in [3.05, 3.63) is 34.6 Å². The summed E-state index contributed by atoms with van der Waals surface area (Å²) in [6.45, 7) is 0. The summed E-state index contributed by atoms with van der Waals surface area (Å²) in [6.07, 6.45) is 3.44. The van der Waals surface area contributed by atoms with Crippen LogP contribution in [0.2, 0.25) is 5.02 Å². The molecule has 0 atom stereocenters. The lowest BCUT2D eigenvalue weighted by atomic mass is 9.80. The zero-order valence-electron chi connectivity index (χ0n) is 6.69. The SMILES string of the molecule is Fc1ccc(Cl)cc1C1CCC1. The van der Waals surface area contributed by atoms with E-state index in [4.69, 9.17) is 11.6 Å². The standard InChI is InChI=1S/C10H10ClF/c11-8-4-5-10(12)9(6-8)7-2-1-3-7/h4-7H,1-3H2. The highest BCUT2D eigenvalue weighted by Crippen LogP contribution is 2.38. The van der Waals surface area contributed by atoms with E-state index in [9.17, 15) is 4.39 Å². The molecule has 2 heteroatoms. The van der Waals surface area contributed by atoms with E-state index in [1.54, 1.807) is 12.1 Å². The molecule has 1 aliphatic carbocycles. The quantitative estimate of drug-likeness (QED) is 0.624. The molecule has 0 aliphatic heterocycles. The molecular weight excluding hydrogens is 175 g/mol. The minimum atomic E-state index is -0.107. The molecule has 0 radical (unpaired) electrons. The third-order valence-corrected chi connectivity index (χ3v) is 2.74. The van der Waals surface area contributed by atoms with Crippen molar-refractivity contribution in [1.82, 2.24) is 0 Å². The predicted octanol–water partition coefficient (Wildman–Crippen LogP) is 3.75. The fourth-order valence-corrected chi connectivity index (χ4v) is 1.73. The first-order valence-electron chi connectivity index (χ1n) is 4.22. The molecule has 64 valence electrons. The Bertz CT molecular complexity index is 292. The Morgan fingerprint density at radius 1 is 1.33 bits per heavy atom. The van der Waals surface area contributed by atoms with E-state index in [0.717, 1.165) is 18.4 Å². The average Bonchev–Trinajstić information content (AvgIpc) is 1.93. The maximum absolute atomic E-state index is 13.2. The van der Waals surface area contributed by atoms with Crippen molar-refractivity contribution < 1.29 is 4.39 Å². The van der Waals surface area contributed by atoms with Crippen molar-refractivity contribution in [1.29, 1.82) is 0 Å². The zero-order chi connectivity index (χ0) is 8.55. The molecule has 0 amide bonds. The van der Waals surface area contributed by atoms with Gasteiger partial charge in [0.15, 0.2) is 0 Å². The molecule has 1 aromatic carbocycles. The Hall–Kier alpha value is -0.560. The second kappa shape index (κ2) is 3.06. The molecule has 1 aliphatic rings. The van der Waals surface area contributed by atoms with Crippen LogP contribution in [-0.2, 0) is 0 Å². The lowest BCUT2D eigenvalue weighted by Gasteiger charge is -2.26. The Morgan fingerprint density at radius 2 is 2.08 bits per heavy atom. The Kier molecular flexibility index (Phi) is 2.05. The van der Waals surface area contributed by atoms with E-state index >= 15 is 0 Å². The summed E-state index contributed by atoms with van der Waals surface area (Å²) in [7, 11) is 0. The van der Waals surface area contributed by atoms with Crippen LogP contribution >= 0.6 is 11.6 Å². The summed E-state index contributed by atoms with van der Waals surface area (Å²) < 4.78 is 13.2. The van der Waals surface area contributed by atoms with Crippen molar-refractivity contribution in [3.8, 4) is 0 Å². The number of hydrogen-bond donors (Lipinski definition) is 0. The number of hydrogen-bond acceptors (Lipinski definition) is 0. The van der Waals surface area contributed by atoms with Crippen LogP contribution < -0.4 is 0 Å². The van der Waals surface area contributed by atoms with Gasteiger partial charge in [0.05, 0.1) is 0 Å². The van der Waals surface area contributed by atoms with Gasteiger partial charge in [-0.3, -0.25) is 0 Å². The zero-order valence-corrected chi connectivity index (χ0v) is 7.44. The van der Waals surface area contributed by atoms with Gasteiger partial charge in [-0.25, -0.2) is 4.39 Å². The molecule has 0 bridgehead atoms. The van der Waals surface area contributed by atoms with E-state index in [1.807, 2.05) is 0 Å². The predicted molar refractivity (Wildman–Crippen MR) is 48.0 cm³/mol. The summed E-state index contributed by atoms with van der Waals surface area (Å²) in [5.41, 5.74) is 0.800. The number of rotatable bonds is 1. The van der Waals surface area contributed by atoms with E-state index in [1.165, 1.54) is 12.5 Å². The largest absolute Gasteiger partial charge is 0.207 e. The van der Waals surface area contributed by atoms with Crippen LogP contribution in [0, 0.1) is 5.82 Å². The molecule has 1 fully saturated rings. The van der Waals surface area contributed by atoms with Gasteiger partial charge in [0.2, 0.25) is 0 Å². The van der Waals surface area contributed by atoms with Gasteiger partial charge in [-0.2, -0.15) is 0 Å². The summed E-state index contributed by atoms with van der Waals surface area (Å²) in [5, 5.41) is 0.637. The Balaban J connectivity index is 2.34. The van der Waals surface area contributed by atoms with E-state index in [2.05, 4.69) is 0 Å². The van der Waals surface area contributed by atoms with E-state index in [0.29, 0.717) is 10.9 Å². The molecular formula is C10H10ClF. The van der Waals surface area contributed by atoms with Gasteiger partial charge in [0.25, 0.3) is 0 Å².